The van der Waals surface area contributed by atoms with Crippen LogP contribution in [0.15, 0.2) is 0 Å². The lowest BCUT2D eigenvalue weighted by Gasteiger charge is -2.42. The number of likely N-dealkylation sites (tertiary alicyclic amines) is 1. The summed E-state index contributed by atoms with van der Waals surface area (Å²) in [6, 6.07) is 0. The van der Waals surface area contributed by atoms with Gasteiger partial charge in [-0.25, -0.2) is 0 Å². The number of rotatable bonds is 3. The topological polar surface area (TPSA) is 32.3 Å². The highest BCUT2D eigenvalue weighted by atomic mass is 16.2. The van der Waals surface area contributed by atoms with Gasteiger partial charge in [0.15, 0.2) is 0 Å². The molecule has 1 amide bonds. The van der Waals surface area contributed by atoms with Gasteiger partial charge in [-0.2, -0.15) is 0 Å². The molecule has 18 heavy (non-hydrogen) atoms. The van der Waals surface area contributed by atoms with E-state index in [9.17, 15) is 4.79 Å². The maximum absolute atomic E-state index is 12.9. The molecule has 2 heterocycles. The van der Waals surface area contributed by atoms with Gasteiger partial charge < -0.3 is 10.2 Å². The van der Waals surface area contributed by atoms with Gasteiger partial charge in [-0.05, 0) is 44.6 Å². The lowest BCUT2D eigenvalue weighted by molar-refractivity contribution is -0.145. The minimum atomic E-state index is -0.0932. The second kappa shape index (κ2) is 6.05. The van der Waals surface area contributed by atoms with Crippen molar-refractivity contribution in [2.45, 2.75) is 52.4 Å². The van der Waals surface area contributed by atoms with Crippen LogP contribution in [0, 0.1) is 11.3 Å². The third-order valence-electron chi connectivity index (χ3n) is 4.60. The van der Waals surface area contributed by atoms with Crippen LogP contribution in [0.1, 0.15) is 52.4 Å². The summed E-state index contributed by atoms with van der Waals surface area (Å²) >= 11 is 0. The SMILES string of the molecule is CCCC1(C(=O)N2CCCC(C)C2)CCCNC1. The number of hydrogen-bond acceptors (Lipinski definition) is 2. The van der Waals surface area contributed by atoms with E-state index in [1.807, 2.05) is 0 Å². The first kappa shape index (κ1) is 13.9. The van der Waals surface area contributed by atoms with Gasteiger partial charge in [0.2, 0.25) is 5.91 Å². The van der Waals surface area contributed by atoms with Crippen molar-refractivity contribution < 1.29 is 4.79 Å². The number of nitrogens with zero attached hydrogens (tertiary/aromatic N) is 1. The summed E-state index contributed by atoms with van der Waals surface area (Å²) in [6.45, 7) is 8.39. The number of hydrogen-bond donors (Lipinski definition) is 1. The van der Waals surface area contributed by atoms with Crippen LogP contribution >= 0.6 is 0 Å². The normalized spacial score (nSPS) is 33.4. The molecule has 3 heteroatoms. The molecule has 2 aliphatic rings. The number of carbonyl (C=O) groups excluding carboxylic acids is 1. The van der Waals surface area contributed by atoms with Crippen LogP contribution in [0.2, 0.25) is 0 Å². The maximum atomic E-state index is 12.9. The number of carbonyl (C=O) groups is 1. The van der Waals surface area contributed by atoms with Crippen LogP contribution in [0.4, 0.5) is 0 Å². The summed E-state index contributed by atoms with van der Waals surface area (Å²) in [6.07, 6.45) is 6.85. The molecule has 2 unspecified atom stereocenters. The molecular weight excluding hydrogens is 224 g/mol. The minimum absolute atomic E-state index is 0.0932. The molecule has 2 rings (SSSR count). The summed E-state index contributed by atoms with van der Waals surface area (Å²) in [5, 5.41) is 3.44. The molecule has 0 aromatic carbocycles. The summed E-state index contributed by atoms with van der Waals surface area (Å²) in [4.78, 5) is 15.0. The molecule has 0 spiro atoms. The van der Waals surface area contributed by atoms with E-state index in [-0.39, 0.29) is 5.41 Å². The molecule has 2 atom stereocenters. The van der Waals surface area contributed by atoms with E-state index in [1.165, 1.54) is 12.8 Å². The largest absolute Gasteiger partial charge is 0.342 e. The molecule has 1 N–H and O–H groups in total. The Morgan fingerprint density at radius 3 is 2.89 bits per heavy atom. The number of nitrogens with one attached hydrogen (secondary N) is 1. The van der Waals surface area contributed by atoms with Crippen LogP contribution in [-0.2, 0) is 4.79 Å². The summed E-state index contributed by atoms with van der Waals surface area (Å²) in [7, 11) is 0. The van der Waals surface area contributed by atoms with Gasteiger partial charge in [-0.3, -0.25) is 4.79 Å². The molecule has 0 aromatic heterocycles. The van der Waals surface area contributed by atoms with Crippen molar-refractivity contribution in [2.75, 3.05) is 26.2 Å². The molecule has 2 aliphatic heterocycles. The Balaban J connectivity index is 2.07. The lowest BCUT2D eigenvalue weighted by atomic mass is 9.75. The van der Waals surface area contributed by atoms with Crippen LogP contribution in [0.25, 0.3) is 0 Å². The van der Waals surface area contributed by atoms with E-state index < -0.39 is 0 Å². The molecule has 0 radical (unpaired) electrons. The lowest BCUT2D eigenvalue weighted by Crippen LogP contribution is -2.53. The second-order valence-corrected chi connectivity index (χ2v) is 6.31. The number of piperidine rings is 2. The van der Waals surface area contributed by atoms with Crippen molar-refractivity contribution >= 4 is 5.91 Å². The van der Waals surface area contributed by atoms with Gasteiger partial charge >= 0.3 is 0 Å². The molecule has 0 aliphatic carbocycles. The zero-order valence-electron chi connectivity index (χ0n) is 12.0. The Bertz CT molecular complexity index is 279. The van der Waals surface area contributed by atoms with Gasteiger partial charge in [0.1, 0.15) is 0 Å². The third kappa shape index (κ3) is 2.87. The maximum Gasteiger partial charge on any atom is 0.230 e. The second-order valence-electron chi connectivity index (χ2n) is 6.31. The van der Waals surface area contributed by atoms with Crippen molar-refractivity contribution in [3.8, 4) is 0 Å². The van der Waals surface area contributed by atoms with Gasteiger partial charge in [0, 0.05) is 19.6 Å². The fourth-order valence-electron chi connectivity index (χ4n) is 3.66. The first-order valence-corrected chi connectivity index (χ1v) is 7.68. The third-order valence-corrected chi connectivity index (χ3v) is 4.60. The quantitative estimate of drug-likeness (QED) is 0.836. The fraction of sp³-hybridized carbons (Fsp3) is 0.933. The van der Waals surface area contributed by atoms with E-state index >= 15 is 0 Å². The summed E-state index contributed by atoms with van der Waals surface area (Å²) < 4.78 is 0. The average Bonchev–Trinajstić information content (AvgIpc) is 2.39. The van der Waals surface area contributed by atoms with Crippen molar-refractivity contribution in [1.82, 2.24) is 10.2 Å². The average molecular weight is 252 g/mol. The zero-order valence-corrected chi connectivity index (χ0v) is 12.0. The van der Waals surface area contributed by atoms with E-state index in [0.717, 1.165) is 51.9 Å². The van der Waals surface area contributed by atoms with Crippen molar-refractivity contribution in [3.05, 3.63) is 0 Å². The van der Waals surface area contributed by atoms with Crippen LogP contribution < -0.4 is 5.32 Å². The molecular formula is C15H28N2O. The van der Waals surface area contributed by atoms with Gasteiger partial charge in [0.05, 0.1) is 5.41 Å². The Morgan fingerprint density at radius 2 is 2.28 bits per heavy atom. The Labute approximate surface area is 111 Å². The van der Waals surface area contributed by atoms with Crippen LogP contribution in [0.5, 0.6) is 0 Å². The Kier molecular flexibility index (Phi) is 4.66. The molecule has 0 aromatic rings. The van der Waals surface area contributed by atoms with Gasteiger partial charge in [-0.1, -0.05) is 20.3 Å². The highest BCUT2D eigenvalue weighted by Crippen LogP contribution is 2.35. The first-order chi connectivity index (χ1) is 8.68. The van der Waals surface area contributed by atoms with Crippen molar-refractivity contribution in [2.24, 2.45) is 11.3 Å². The first-order valence-electron chi connectivity index (χ1n) is 7.68. The number of amides is 1. The standard InChI is InChI=1S/C15H28N2O/c1-3-7-15(8-5-9-16-12-15)14(18)17-10-4-6-13(2)11-17/h13,16H,3-12H2,1-2H3. The highest BCUT2D eigenvalue weighted by Gasteiger charge is 2.41. The van der Waals surface area contributed by atoms with Crippen molar-refractivity contribution in [1.29, 1.82) is 0 Å². The van der Waals surface area contributed by atoms with E-state index in [4.69, 9.17) is 0 Å². The molecule has 2 saturated heterocycles. The predicted octanol–water partition coefficient (Wildman–Crippen LogP) is 2.41. The van der Waals surface area contributed by atoms with Crippen LogP contribution in [-0.4, -0.2) is 37.0 Å². The Morgan fingerprint density at radius 1 is 1.44 bits per heavy atom. The predicted molar refractivity (Wildman–Crippen MR) is 74.4 cm³/mol. The van der Waals surface area contributed by atoms with Crippen LogP contribution in [0.3, 0.4) is 0 Å². The summed E-state index contributed by atoms with van der Waals surface area (Å²) in [5.74, 6) is 1.11. The van der Waals surface area contributed by atoms with E-state index in [1.54, 1.807) is 0 Å². The van der Waals surface area contributed by atoms with E-state index in [0.29, 0.717) is 11.8 Å². The molecule has 3 nitrogen and oxygen atoms in total. The monoisotopic (exact) mass is 252 g/mol. The fourth-order valence-corrected chi connectivity index (χ4v) is 3.66. The zero-order chi connectivity index (χ0) is 13.0. The molecule has 0 saturated carbocycles. The van der Waals surface area contributed by atoms with Gasteiger partial charge in [0.25, 0.3) is 0 Å². The van der Waals surface area contributed by atoms with Gasteiger partial charge in [-0.15, -0.1) is 0 Å². The molecule has 104 valence electrons. The minimum Gasteiger partial charge on any atom is -0.342 e. The molecule has 0 bridgehead atoms. The summed E-state index contributed by atoms with van der Waals surface area (Å²) in [5.41, 5.74) is -0.0932. The smallest absolute Gasteiger partial charge is 0.230 e. The Hall–Kier alpha value is -0.570. The van der Waals surface area contributed by atoms with E-state index in [2.05, 4.69) is 24.1 Å². The molecule has 2 fully saturated rings. The highest BCUT2D eigenvalue weighted by molar-refractivity contribution is 5.83. The van der Waals surface area contributed by atoms with Crippen molar-refractivity contribution in [3.63, 3.8) is 0 Å².